The minimum Gasteiger partial charge on any atom is -0.496 e. The molecular weight excluding hydrogens is 548 g/mol. The molecule has 1 heterocycles. The molecule has 3 N–H and O–H groups in total. The van der Waals surface area contributed by atoms with E-state index in [9.17, 15) is 23.1 Å². The van der Waals surface area contributed by atoms with Crippen molar-refractivity contribution in [3.8, 4) is 16.9 Å². The number of methoxy groups -OCH3 is 1. The predicted octanol–water partition coefficient (Wildman–Crippen LogP) is 5.30. The molecule has 0 aliphatic carbocycles. The third kappa shape index (κ3) is 6.34. The maximum Gasteiger partial charge on any atom is 0.326 e. The van der Waals surface area contributed by atoms with Crippen molar-refractivity contribution in [2.45, 2.75) is 16.7 Å². The van der Waals surface area contributed by atoms with Gasteiger partial charge in [0.15, 0.2) is 0 Å². The number of carboxylic acids is 1. The van der Waals surface area contributed by atoms with Crippen molar-refractivity contribution in [1.29, 1.82) is 0 Å². The highest BCUT2D eigenvalue weighted by Crippen LogP contribution is 2.30. The fourth-order valence-electron chi connectivity index (χ4n) is 3.76. The second-order valence-corrected chi connectivity index (χ2v) is 11.5. The lowest BCUT2D eigenvalue weighted by molar-refractivity contribution is -0.139. The number of amides is 1. The average Bonchev–Trinajstić information content (AvgIpc) is 3.45. The number of carboxylic acid groups (broad SMARTS) is 1. The Labute approximate surface area is 228 Å². The van der Waals surface area contributed by atoms with E-state index in [1.165, 1.54) is 24.3 Å². The Kier molecular flexibility index (Phi) is 8.35. The van der Waals surface area contributed by atoms with Crippen LogP contribution in [0, 0.1) is 0 Å². The summed E-state index contributed by atoms with van der Waals surface area (Å²) in [6, 6.07) is 20.8. The lowest BCUT2D eigenvalue weighted by Gasteiger charge is -2.16. The molecule has 8 nitrogen and oxygen atoms in total. The van der Waals surface area contributed by atoms with E-state index in [1.807, 2.05) is 36.4 Å². The van der Waals surface area contributed by atoms with Gasteiger partial charge in [0, 0.05) is 12.0 Å². The first-order valence-corrected chi connectivity index (χ1v) is 14.0. The molecule has 0 saturated heterocycles. The second kappa shape index (κ2) is 11.7. The first-order valence-electron chi connectivity index (χ1n) is 11.3. The predicted molar refractivity (Wildman–Crippen MR) is 148 cm³/mol. The van der Waals surface area contributed by atoms with Crippen LogP contribution in [0.15, 0.2) is 88.5 Å². The number of rotatable bonds is 10. The van der Waals surface area contributed by atoms with E-state index < -0.39 is 27.9 Å². The van der Waals surface area contributed by atoms with Crippen molar-refractivity contribution in [2.24, 2.45) is 0 Å². The average molecular weight is 571 g/mol. The van der Waals surface area contributed by atoms with Gasteiger partial charge in [-0.2, -0.15) is 0 Å². The molecule has 0 bridgehead atoms. The highest BCUT2D eigenvalue weighted by atomic mass is 35.5. The van der Waals surface area contributed by atoms with Gasteiger partial charge < -0.3 is 15.2 Å². The SMILES string of the molecule is COc1ccccc1-c1ccc(C[C@H](NC(=O)c2ccc(NS(=O)(=O)c3cccs3)cc2Cl)C(=O)O)cc1. The molecule has 4 rings (SSSR count). The molecule has 0 radical (unpaired) electrons. The first kappa shape index (κ1) is 27.2. The van der Waals surface area contributed by atoms with Crippen LogP contribution in [-0.4, -0.2) is 38.6 Å². The van der Waals surface area contributed by atoms with E-state index in [0.29, 0.717) is 5.56 Å². The zero-order valence-electron chi connectivity index (χ0n) is 20.1. The van der Waals surface area contributed by atoms with Crippen molar-refractivity contribution in [1.82, 2.24) is 5.32 Å². The van der Waals surface area contributed by atoms with Crippen LogP contribution in [0.2, 0.25) is 5.02 Å². The normalized spacial score (nSPS) is 11.9. The largest absolute Gasteiger partial charge is 0.496 e. The summed E-state index contributed by atoms with van der Waals surface area (Å²) in [5.74, 6) is -1.18. The molecule has 38 heavy (non-hydrogen) atoms. The van der Waals surface area contributed by atoms with Gasteiger partial charge in [-0.15, -0.1) is 11.3 Å². The summed E-state index contributed by atoms with van der Waals surface area (Å²) in [6.45, 7) is 0. The number of aliphatic carboxylic acids is 1. The maximum absolute atomic E-state index is 12.9. The molecule has 0 fully saturated rings. The van der Waals surface area contributed by atoms with Crippen molar-refractivity contribution < 1.29 is 27.9 Å². The summed E-state index contributed by atoms with van der Waals surface area (Å²) in [5.41, 5.74) is 2.71. The van der Waals surface area contributed by atoms with Crippen LogP contribution in [0.5, 0.6) is 5.75 Å². The van der Waals surface area contributed by atoms with Crippen molar-refractivity contribution in [3.05, 3.63) is 100 Å². The number of ether oxygens (including phenoxy) is 1. The molecule has 0 aliphatic rings. The number of nitrogens with one attached hydrogen (secondary N) is 2. The Hall–Kier alpha value is -3.86. The van der Waals surface area contributed by atoms with Crippen LogP contribution < -0.4 is 14.8 Å². The minimum absolute atomic E-state index is 0.0171. The van der Waals surface area contributed by atoms with Crippen molar-refractivity contribution in [2.75, 3.05) is 11.8 Å². The monoisotopic (exact) mass is 570 g/mol. The van der Waals surface area contributed by atoms with Gasteiger partial charge >= 0.3 is 5.97 Å². The highest BCUT2D eigenvalue weighted by molar-refractivity contribution is 7.94. The van der Waals surface area contributed by atoms with Gasteiger partial charge in [0.05, 0.1) is 23.4 Å². The first-order chi connectivity index (χ1) is 18.2. The van der Waals surface area contributed by atoms with Crippen LogP contribution in [0.3, 0.4) is 0 Å². The molecule has 1 aromatic heterocycles. The van der Waals surface area contributed by atoms with E-state index in [2.05, 4.69) is 10.0 Å². The number of thiophene rings is 1. The Balaban J connectivity index is 1.45. The highest BCUT2D eigenvalue weighted by Gasteiger charge is 2.23. The number of carbonyl (C=O) groups is 2. The van der Waals surface area contributed by atoms with E-state index in [1.54, 1.807) is 30.7 Å². The third-order valence-corrected chi connectivity index (χ3v) is 8.73. The molecular formula is C27H23ClN2O6S2. The number of anilines is 1. The van der Waals surface area contributed by atoms with Crippen molar-refractivity contribution >= 4 is 50.5 Å². The van der Waals surface area contributed by atoms with Crippen LogP contribution in [0.1, 0.15) is 15.9 Å². The van der Waals surface area contributed by atoms with Crippen molar-refractivity contribution in [3.63, 3.8) is 0 Å². The summed E-state index contributed by atoms with van der Waals surface area (Å²) in [4.78, 5) is 24.8. The molecule has 0 aliphatic heterocycles. The fraction of sp³-hybridized carbons (Fsp3) is 0.111. The lowest BCUT2D eigenvalue weighted by atomic mass is 10.00. The number of sulfonamides is 1. The Bertz CT molecular complexity index is 1550. The fourth-order valence-corrected chi connectivity index (χ4v) is 6.07. The minimum atomic E-state index is -3.78. The van der Waals surface area contributed by atoms with Gasteiger partial charge in [0.1, 0.15) is 16.0 Å². The van der Waals surface area contributed by atoms with E-state index in [-0.39, 0.29) is 26.9 Å². The number of hydrogen-bond donors (Lipinski definition) is 3. The Morgan fingerprint density at radius 2 is 1.76 bits per heavy atom. The van der Waals surface area contributed by atoms with Gasteiger partial charge in [-0.3, -0.25) is 9.52 Å². The number of benzene rings is 3. The maximum atomic E-state index is 12.9. The van der Waals surface area contributed by atoms with E-state index in [4.69, 9.17) is 16.3 Å². The molecule has 1 atom stereocenters. The Morgan fingerprint density at radius 1 is 1.03 bits per heavy atom. The number of halogens is 1. The smallest absolute Gasteiger partial charge is 0.326 e. The molecule has 3 aromatic carbocycles. The van der Waals surface area contributed by atoms with Crippen LogP contribution in [-0.2, 0) is 21.2 Å². The number of carbonyl (C=O) groups excluding carboxylic acids is 1. The molecule has 4 aromatic rings. The summed E-state index contributed by atoms with van der Waals surface area (Å²) >= 11 is 7.31. The molecule has 0 spiro atoms. The van der Waals surface area contributed by atoms with Gasteiger partial charge in [-0.1, -0.05) is 60.1 Å². The molecule has 11 heteroatoms. The summed E-state index contributed by atoms with van der Waals surface area (Å²) in [6.07, 6.45) is 0.0452. The van der Waals surface area contributed by atoms with Crippen LogP contribution in [0.4, 0.5) is 5.69 Å². The summed E-state index contributed by atoms with van der Waals surface area (Å²) in [7, 11) is -2.19. The summed E-state index contributed by atoms with van der Waals surface area (Å²) < 4.78 is 32.8. The van der Waals surface area contributed by atoms with Crippen LogP contribution in [0.25, 0.3) is 11.1 Å². The standard InChI is InChI=1S/C27H23ClN2O6S2/c1-36-24-6-3-2-5-20(24)18-10-8-17(9-11-18)15-23(27(32)33)29-26(31)21-13-12-19(16-22(21)28)30-38(34,35)25-7-4-14-37-25/h2-14,16,23,30H,15H2,1H3,(H,29,31)(H,32,33)/t23-/m0/s1. The topological polar surface area (TPSA) is 122 Å². The molecule has 196 valence electrons. The number of para-hydroxylation sites is 1. The third-order valence-electron chi connectivity index (χ3n) is 5.64. The van der Waals surface area contributed by atoms with E-state index >= 15 is 0 Å². The summed E-state index contributed by atoms with van der Waals surface area (Å²) in [5, 5.41) is 13.8. The van der Waals surface area contributed by atoms with Crippen LogP contribution >= 0.6 is 22.9 Å². The molecule has 1 amide bonds. The quantitative estimate of drug-likeness (QED) is 0.238. The zero-order valence-corrected chi connectivity index (χ0v) is 22.4. The number of hydrogen-bond acceptors (Lipinski definition) is 6. The van der Waals surface area contributed by atoms with Gasteiger partial charge in [0.2, 0.25) is 0 Å². The second-order valence-electron chi connectivity index (χ2n) is 8.20. The lowest BCUT2D eigenvalue weighted by Crippen LogP contribution is -2.42. The molecule has 0 saturated carbocycles. The Morgan fingerprint density at radius 3 is 2.39 bits per heavy atom. The van der Waals surface area contributed by atoms with Gasteiger partial charge in [-0.05, 0) is 46.8 Å². The van der Waals surface area contributed by atoms with Gasteiger partial charge in [0.25, 0.3) is 15.9 Å². The van der Waals surface area contributed by atoms with Gasteiger partial charge in [-0.25, -0.2) is 13.2 Å². The zero-order chi connectivity index (χ0) is 27.3. The van der Waals surface area contributed by atoms with E-state index in [0.717, 1.165) is 28.2 Å². The molecule has 0 unspecified atom stereocenters.